The van der Waals surface area contributed by atoms with Crippen molar-refractivity contribution >= 4 is 5.82 Å². The van der Waals surface area contributed by atoms with Crippen LogP contribution in [-0.4, -0.2) is 29.8 Å². The van der Waals surface area contributed by atoms with Gasteiger partial charge in [-0.05, 0) is 13.8 Å². The van der Waals surface area contributed by atoms with Gasteiger partial charge in [-0.2, -0.15) is 0 Å². The van der Waals surface area contributed by atoms with Crippen molar-refractivity contribution < 1.29 is 9.47 Å². The van der Waals surface area contributed by atoms with Gasteiger partial charge in [-0.25, -0.2) is 15.8 Å². The fraction of sp³-hybridized carbons (Fsp3) is 0.600. The number of ether oxygens (including phenoxy) is 2. The summed E-state index contributed by atoms with van der Waals surface area (Å²) in [6.45, 7) is 6.02. The number of anilines is 1. The molecule has 0 saturated carbocycles. The van der Waals surface area contributed by atoms with Crippen LogP contribution in [0, 0.1) is 6.92 Å². The fourth-order valence-electron chi connectivity index (χ4n) is 1.19. The second-order valence-electron chi connectivity index (χ2n) is 3.20. The van der Waals surface area contributed by atoms with Crippen molar-refractivity contribution in [2.24, 2.45) is 5.84 Å². The van der Waals surface area contributed by atoms with E-state index in [2.05, 4.69) is 15.4 Å². The largest absolute Gasteiger partial charge is 0.379 e. The van der Waals surface area contributed by atoms with Crippen molar-refractivity contribution in [3.63, 3.8) is 0 Å². The first-order valence-corrected chi connectivity index (χ1v) is 5.23. The average molecular weight is 226 g/mol. The Morgan fingerprint density at radius 2 is 2.06 bits per heavy atom. The molecular formula is C10H18N4O2. The third-order valence-corrected chi connectivity index (χ3v) is 1.86. The number of nitrogens with two attached hydrogens (primary N) is 1. The topological polar surface area (TPSA) is 82.3 Å². The molecule has 0 radical (unpaired) electrons. The third kappa shape index (κ3) is 4.52. The number of hydrazine groups is 1. The standard InChI is InChI=1S/C10H18N4O2/c1-3-15-4-5-16-7-10-12-8(2)6-9(13-10)14-11/h6H,3-5,7,11H2,1-2H3,(H,12,13,14). The van der Waals surface area contributed by atoms with E-state index in [0.717, 1.165) is 5.69 Å². The van der Waals surface area contributed by atoms with Crippen LogP contribution in [0.3, 0.4) is 0 Å². The Morgan fingerprint density at radius 3 is 2.75 bits per heavy atom. The lowest BCUT2D eigenvalue weighted by molar-refractivity contribution is 0.0428. The van der Waals surface area contributed by atoms with E-state index >= 15 is 0 Å². The van der Waals surface area contributed by atoms with E-state index in [1.54, 1.807) is 6.07 Å². The predicted molar refractivity (Wildman–Crippen MR) is 60.7 cm³/mol. The van der Waals surface area contributed by atoms with Crippen LogP contribution < -0.4 is 11.3 Å². The smallest absolute Gasteiger partial charge is 0.156 e. The van der Waals surface area contributed by atoms with Gasteiger partial charge in [-0.15, -0.1) is 0 Å². The molecule has 6 heteroatoms. The van der Waals surface area contributed by atoms with Gasteiger partial charge in [-0.3, -0.25) is 0 Å². The van der Waals surface area contributed by atoms with Crippen molar-refractivity contribution in [1.82, 2.24) is 9.97 Å². The molecule has 0 amide bonds. The van der Waals surface area contributed by atoms with E-state index in [4.69, 9.17) is 15.3 Å². The summed E-state index contributed by atoms with van der Waals surface area (Å²) >= 11 is 0. The number of rotatable bonds is 7. The lowest BCUT2D eigenvalue weighted by atomic mass is 10.4. The zero-order valence-corrected chi connectivity index (χ0v) is 9.69. The number of aromatic nitrogens is 2. The first-order chi connectivity index (χ1) is 7.76. The van der Waals surface area contributed by atoms with E-state index in [-0.39, 0.29) is 0 Å². The fourth-order valence-corrected chi connectivity index (χ4v) is 1.19. The van der Waals surface area contributed by atoms with Crippen LogP contribution in [-0.2, 0) is 16.1 Å². The SMILES string of the molecule is CCOCCOCc1nc(C)cc(NN)n1. The highest BCUT2D eigenvalue weighted by Gasteiger charge is 2.01. The lowest BCUT2D eigenvalue weighted by Crippen LogP contribution is -2.12. The molecule has 1 heterocycles. The first-order valence-electron chi connectivity index (χ1n) is 5.23. The summed E-state index contributed by atoms with van der Waals surface area (Å²) in [7, 11) is 0. The maximum atomic E-state index is 5.36. The molecule has 0 atom stereocenters. The lowest BCUT2D eigenvalue weighted by Gasteiger charge is -2.06. The van der Waals surface area contributed by atoms with Gasteiger partial charge in [-0.1, -0.05) is 0 Å². The molecule has 1 rings (SSSR count). The molecule has 0 unspecified atom stereocenters. The van der Waals surface area contributed by atoms with Crippen molar-refractivity contribution in [1.29, 1.82) is 0 Å². The molecule has 0 aliphatic heterocycles. The Labute approximate surface area is 95.1 Å². The van der Waals surface area contributed by atoms with Crippen molar-refractivity contribution in [3.05, 3.63) is 17.6 Å². The third-order valence-electron chi connectivity index (χ3n) is 1.86. The van der Waals surface area contributed by atoms with Gasteiger partial charge in [0.25, 0.3) is 0 Å². The van der Waals surface area contributed by atoms with Crippen LogP contribution >= 0.6 is 0 Å². The normalized spacial score (nSPS) is 10.4. The minimum Gasteiger partial charge on any atom is -0.379 e. The summed E-state index contributed by atoms with van der Waals surface area (Å²) in [5.74, 6) is 6.49. The number of nitrogens with one attached hydrogen (secondary N) is 1. The summed E-state index contributed by atoms with van der Waals surface area (Å²) < 4.78 is 10.5. The number of hydrogen-bond donors (Lipinski definition) is 2. The number of aryl methyl sites for hydroxylation is 1. The summed E-state index contributed by atoms with van der Waals surface area (Å²) in [6.07, 6.45) is 0. The van der Waals surface area contributed by atoms with E-state index in [9.17, 15) is 0 Å². The van der Waals surface area contributed by atoms with Gasteiger partial charge in [0.05, 0.1) is 13.2 Å². The van der Waals surface area contributed by atoms with E-state index in [1.807, 2.05) is 13.8 Å². The van der Waals surface area contributed by atoms with Crippen LogP contribution in [0.4, 0.5) is 5.82 Å². The Bertz CT molecular complexity index is 320. The van der Waals surface area contributed by atoms with Gasteiger partial charge in [0.15, 0.2) is 5.82 Å². The average Bonchev–Trinajstić information content (AvgIpc) is 2.28. The zero-order valence-electron chi connectivity index (χ0n) is 9.69. The summed E-state index contributed by atoms with van der Waals surface area (Å²) in [4.78, 5) is 8.38. The molecule has 0 aromatic carbocycles. The quantitative estimate of drug-likeness (QED) is 0.403. The predicted octanol–water partition coefficient (Wildman–Crippen LogP) is 0.624. The van der Waals surface area contributed by atoms with Crippen LogP contribution in [0.5, 0.6) is 0 Å². The molecule has 0 fully saturated rings. The number of nitrogen functional groups attached to an aromatic ring is 1. The maximum Gasteiger partial charge on any atom is 0.156 e. The highest BCUT2D eigenvalue weighted by atomic mass is 16.5. The molecule has 0 aliphatic rings. The second kappa shape index (κ2) is 7.10. The number of hydrogen-bond acceptors (Lipinski definition) is 6. The molecule has 3 N–H and O–H groups in total. The highest BCUT2D eigenvalue weighted by molar-refractivity contribution is 5.33. The monoisotopic (exact) mass is 226 g/mol. The van der Waals surface area contributed by atoms with Crippen molar-refractivity contribution in [2.45, 2.75) is 20.5 Å². The van der Waals surface area contributed by atoms with E-state index in [1.165, 1.54) is 0 Å². The maximum absolute atomic E-state index is 5.36. The van der Waals surface area contributed by atoms with Gasteiger partial charge in [0.2, 0.25) is 0 Å². The summed E-state index contributed by atoms with van der Waals surface area (Å²) in [6, 6.07) is 1.77. The highest BCUT2D eigenvalue weighted by Crippen LogP contribution is 2.05. The minimum atomic E-state index is 0.365. The molecule has 90 valence electrons. The molecule has 1 aromatic heterocycles. The molecule has 0 spiro atoms. The molecule has 0 aliphatic carbocycles. The van der Waals surface area contributed by atoms with Crippen LogP contribution in [0.25, 0.3) is 0 Å². The molecule has 0 bridgehead atoms. The minimum absolute atomic E-state index is 0.365. The molecule has 0 saturated heterocycles. The van der Waals surface area contributed by atoms with Crippen LogP contribution in [0.1, 0.15) is 18.4 Å². The Balaban J connectivity index is 2.38. The molecule has 6 nitrogen and oxygen atoms in total. The Hall–Kier alpha value is -1.24. The summed E-state index contributed by atoms with van der Waals surface area (Å²) in [5, 5.41) is 0. The van der Waals surface area contributed by atoms with Crippen LogP contribution in [0.2, 0.25) is 0 Å². The summed E-state index contributed by atoms with van der Waals surface area (Å²) in [5.41, 5.74) is 3.34. The first kappa shape index (κ1) is 12.8. The Morgan fingerprint density at radius 1 is 1.31 bits per heavy atom. The van der Waals surface area contributed by atoms with Gasteiger partial charge >= 0.3 is 0 Å². The zero-order chi connectivity index (χ0) is 11.8. The van der Waals surface area contributed by atoms with Gasteiger partial charge in [0, 0.05) is 18.4 Å². The van der Waals surface area contributed by atoms with Crippen molar-refractivity contribution in [3.8, 4) is 0 Å². The van der Waals surface area contributed by atoms with Crippen LogP contribution in [0.15, 0.2) is 6.07 Å². The van der Waals surface area contributed by atoms with Gasteiger partial charge in [0.1, 0.15) is 12.4 Å². The molecule has 16 heavy (non-hydrogen) atoms. The molecular weight excluding hydrogens is 208 g/mol. The number of nitrogens with zero attached hydrogens (tertiary/aromatic N) is 2. The van der Waals surface area contributed by atoms with E-state index in [0.29, 0.717) is 38.1 Å². The van der Waals surface area contributed by atoms with Crippen molar-refractivity contribution in [2.75, 3.05) is 25.2 Å². The second-order valence-corrected chi connectivity index (χ2v) is 3.20. The van der Waals surface area contributed by atoms with E-state index < -0.39 is 0 Å². The van der Waals surface area contributed by atoms with Gasteiger partial charge < -0.3 is 14.9 Å². The molecule has 1 aromatic rings. The Kier molecular flexibility index (Phi) is 5.69.